The zero-order chi connectivity index (χ0) is 13.7. The van der Waals surface area contributed by atoms with Crippen molar-refractivity contribution in [3.05, 3.63) is 24.0 Å². The number of nitrogens with one attached hydrogen (secondary N) is 1. The number of carbonyl (C=O) groups is 1. The summed E-state index contributed by atoms with van der Waals surface area (Å²) in [6.45, 7) is 1.04. The van der Waals surface area contributed by atoms with Crippen LogP contribution in [0, 0.1) is 5.82 Å². The van der Waals surface area contributed by atoms with Gasteiger partial charge < -0.3 is 20.5 Å². The van der Waals surface area contributed by atoms with E-state index >= 15 is 0 Å². The van der Waals surface area contributed by atoms with Gasteiger partial charge in [0.1, 0.15) is 0 Å². The van der Waals surface area contributed by atoms with Gasteiger partial charge in [0.05, 0.1) is 5.69 Å². The lowest BCUT2D eigenvalue weighted by Gasteiger charge is -2.23. The summed E-state index contributed by atoms with van der Waals surface area (Å²) in [5.74, 6) is -0.932. The number of carbonyl (C=O) groups excluding carboxylic acids is 1. The van der Waals surface area contributed by atoms with Crippen molar-refractivity contribution >= 4 is 11.6 Å². The van der Waals surface area contributed by atoms with E-state index in [2.05, 4.69) is 5.32 Å². The molecule has 1 amide bonds. The average molecular weight is 268 g/mol. The second kappa shape index (κ2) is 6.38. The van der Waals surface area contributed by atoms with Crippen LogP contribution in [0.25, 0.3) is 0 Å². The molecule has 0 aromatic heterocycles. The molecule has 0 saturated carbocycles. The molecular formula is C13H17FN2O3. The Kier molecular flexibility index (Phi) is 4.57. The zero-order valence-corrected chi connectivity index (χ0v) is 10.5. The number of amides is 1. The number of benzene rings is 1. The summed E-state index contributed by atoms with van der Waals surface area (Å²) < 4.78 is 23.7. The fourth-order valence-corrected chi connectivity index (χ4v) is 1.93. The van der Waals surface area contributed by atoms with Crippen LogP contribution in [-0.2, 0) is 9.53 Å². The van der Waals surface area contributed by atoms with Crippen molar-refractivity contribution in [3.63, 3.8) is 0 Å². The molecule has 1 aliphatic rings. The molecule has 1 aliphatic heterocycles. The lowest BCUT2D eigenvalue weighted by atomic mass is 10.1. The molecule has 1 heterocycles. The van der Waals surface area contributed by atoms with Crippen LogP contribution >= 0.6 is 0 Å². The number of hydrogen-bond acceptors (Lipinski definition) is 4. The first-order chi connectivity index (χ1) is 9.16. The second-order valence-electron chi connectivity index (χ2n) is 4.40. The third-order valence-corrected chi connectivity index (χ3v) is 2.93. The van der Waals surface area contributed by atoms with Crippen LogP contribution in [0.1, 0.15) is 12.8 Å². The van der Waals surface area contributed by atoms with Crippen molar-refractivity contribution in [1.82, 2.24) is 5.32 Å². The summed E-state index contributed by atoms with van der Waals surface area (Å²) in [6, 6.07) is 4.35. The van der Waals surface area contributed by atoms with Crippen molar-refractivity contribution in [2.45, 2.75) is 18.9 Å². The van der Waals surface area contributed by atoms with Gasteiger partial charge >= 0.3 is 0 Å². The van der Waals surface area contributed by atoms with E-state index < -0.39 is 5.82 Å². The van der Waals surface area contributed by atoms with Gasteiger partial charge in [0.25, 0.3) is 5.91 Å². The van der Waals surface area contributed by atoms with Gasteiger partial charge in [0.15, 0.2) is 18.2 Å². The number of nitrogen functional groups attached to an aromatic ring is 1. The van der Waals surface area contributed by atoms with E-state index in [0.717, 1.165) is 12.8 Å². The Bertz CT molecular complexity index is 427. The average Bonchev–Trinajstić information content (AvgIpc) is 2.39. The van der Waals surface area contributed by atoms with Crippen molar-refractivity contribution in [3.8, 4) is 5.75 Å². The minimum Gasteiger partial charge on any atom is -0.479 e. The summed E-state index contributed by atoms with van der Waals surface area (Å²) in [5.41, 5.74) is 5.76. The Morgan fingerprint density at radius 1 is 1.47 bits per heavy atom. The number of ether oxygens (including phenoxy) is 2. The zero-order valence-electron chi connectivity index (χ0n) is 10.5. The van der Waals surface area contributed by atoms with E-state index in [4.69, 9.17) is 15.2 Å². The van der Waals surface area contributed by atoms with Crippen LogP contribution in [-0.4, -0.2) is 31.8 Å². The summed E-state index contributed by atoms with van der Waals surface area (Å²) in [5, 5.41) is 2.82. The number of halogens is 1. The summed E-state index contributed by atoms with van der Waals surface area (Å²) in [7, 11) is 0. The van der Waals surface area contributed by atoms with Crippen molar-refractivity contribution < 1.29 is 18.7 Å². The van der Waals surface area contributed by atoms with Crippen molar-refractivity contribution in [2.75, 3.05) is 25.6 Å². The van der Waals surface area contributed by atoms with Crippen LogP contribution in [0.15, 0.2) is 18.2 Å². The molecular weight excluding hydrogens is 251 g/mol. The van der Waals surface area contributed by atoms with Gasteiger partial charge in [-0.15, -0.1) is 0 Å². The fraction of sp³-hybridized carbons (Fsp3) is 0.462. The van der Waals surface area contributed by atoms with E-state index in [1.807, 2.05) is 0 Å². The Hall–Kier alpha value is -1.82. The minimum absolute atomic E-state index is 0.0790. The van der Waals surface area contributed by atoms with Crippen molar-refractivity contribution in [1.29, 1.82) is 0 Å². The Morgan fingerprint density at radius 2 is 2.21 bits per heavy atom. The van der Waals surface area contributed by atoms with Gasteiger partial charge in [-0.2, -0.15) is 0 Å². The second-order valence-corrected chi connectivity index (χ2v) is 4.40. The Labute approximate surface area is 110 Å². The summed E-state index contributed by atoms with van der Waals surface area (Å²) >= 11 is 0. The molecule has 1 aromatic rings. The highest BCUT2D eigenvalue weighted by Crippen LogP contribution is 2.24. The monoisotopic (exact) mass is 268 g/mol. The van der Waals surface area contributed by atoms with Crippen LogP contribution in [0.2, 0.25) is 0 Å². The maximum absolute atomic E-state index is 13.4. The predicted molar refractivity (Wildman–Crippen MR) is 68.3 cm³/mol. The highest BCUT2D eigenvalue weighted by Gasteiger charge is 2.17. The van der Waals surface area contributed by atoms with Gasteiger partial charge in [-0.25, -0.2) is 4.39 Å². The van der Waals surface area contributed by atoms with Gasteiger partial charge in [0, 0.05) is 19.3 Å². The standard InChI is InChI=1S/C13H17FN2O3/c14-10-2-1-3-11(15)13(10)19-8-12(17)16-9-4-6-18-7-5-9/h1-3,9H,4-8,15H2,(H,16,17). The molecule has 0 spiro atoms. The summed E-state index contributed by atoms with van der Waals surface area (Å²) in [6.07, 6.45) is 1.57. The first-order valence-corrected chi connectivity index (χ1v) is 6.20. The van der Waals surface area contributed by atoms with Crippen LogP contribution in [0.3, 0.4) is 0 Å². The SMILES string of the molecule is Nc1cccc(F)c1OCC(=O)NC1CCOCC1. The first-order valence-electron chi connectivity index (χ1n) is 6.20. The maximum Gasteiger partial charge on any atom is 0.258 e. The fourth-order valence-electron chi connectivity index (χ4n) is 1.93. The molecule has 6 heteroatoms. The quantitative estimate of drug-likeness (QED) is 0.801. The molecule has 2 rings (SSSR count). The molecule has 0 radical (unpaired) electrons. The van der Waals surface area contributed by atoms with Crippen LogP contribution < -0.4 is 15.8 Å². The molecule has 1 saturated heterocycles. The molecule has 0 bridgehead atoms. The lowest BCUT2D eigenvalue weighted by molar-refractivity contribution is -0.124. The summed E-state index contributed by atoms with van der Waals surface area (Å²) in [4.78, 5) is 11.7. The molecule has 19 heavy (non-hydrogen) atoms. The number of hydrogen-bond donors (Lipinski definition) is 2. The van der Waals surface area contributed by atoms with Gasteiger partial charge in [-0.3, -0.25) is 4.79 Å². The molecule has 0 unspecified atom stereocenters. The highest BCUT2D eigenvalue weighted by atomic mass is 19.1. The molecule has 0 atom stereocenters. The highest BCUT2D eigenvalue weighted by molar-refractivity contribution is 5.78. The topological polar surface area (TPSA) is 73.6 Å². The number of para-hydroxylation sites is 1. The Balaban J connectivity index is 1.83. The number of nitrogens with two attached hydrogens (primary N) is 1. The third kappa shape index (κ3) is 3.82. The maximum atomic E-state index is 13.4. The lowest BCUT2D eigenvalue weighted by Crippen LogP contribution is -2.41. The number of rotatable bonds is 4. The van der Waals surface area contributed by atoms with Crippen LogP contribution in [0.4, 0.5) is 10.1 Å². The smallest absolute Gasteiger partial charge is 0.258 e. The van der Waals surface area contributed by atoms with E-state index in [9.17, 15) is 9.18 Å². The molecule has 1 aromatic carbocycles. The molecule has 0 aliphatic carbocycles. The first kappa shape index (κ1) is 13.6. The molecule has 1 fully saturated rings. The van der Waals surface area contributed by atoms with Crippen molar-refractivity contribution in [2.24, 2.45) is 0 Å². The predicted octanol–water partition coefficient (Wildman–Crippen LogP) is 1.08. The van der Waals surface area contributed by atoms with Crippen LogP contribution in [0.5, 0.6) is 5.75 Å². The molecule has 5 nitrogen and oxygen atoms in total. The van der Waals surface area contributed by atoms with E-state index in [1.54, 1.807) is 0 Å². The van der Waals surface area contributed by atoms with Gasteiger partial charge in [-0.1, -0.05) is 6.07 Å². The van der Waals surface area contributed by atoms with E-state index in [1.165, 1.54) is 18.2 Å². The van der Waals surface area contributed by atoms with E-state index in [-0.39, 0.29) is 30.0 Å². The normalized spacial score (nSPS) is 16.1. The number of anilines is 1. The van der Waals surface area contributed by atoms with E-state index in [0.29, 0.717) is 13.2 Å². The minimum atomic E-state index is -0.570. The van der Waals surface area contributed by atoms with Gasteiger partial charge in [-0.05, 0) is 25.0 Å². The largest absolute Gasteiger partial charge is 0.479 e. The Morgan fingerprint density at radius 3 is 2.89 bits per heavy atom. The molecule has 104 valence electrons. The van der Waals surface area contributed by atoms with Gasteiger partial charge in [0.2, 0.25) is 0 Å². The molecule has 3 N–H and O–H groups in total. The third-order valence-electron chi connectivity index (χ3n) is 2.93.